The molecule has 0 aromatic heterocycles. The average molecular weight is 346 g/mol. The van der Waals surface area contributed by atoms with Gasteiger partial charge in [-0.2, -0.15) is 0 Å². The van der Waals surface area contributed by atoms with E-state index in [2.05, 4.69) is 18.2 Å². The lowest BCUT2D eigenvalue weighted by molar-refractivity contribution is 0.0692. The summed E-state index contributed by atoms with van der Waals surface area (Å²) in [5, 5.41) is 0. The third-order valence-corrected chi connectivity index (χ3v) is 4.98. The molecule has 2 aliphatic heterocycles. The van der Waals surface area contributed by atoms with E-state index in [0.717, 1.165) is 11.3 Å². The van der Waals surface area contributed by atoms with Gasteiger partial charge in [0.15, 0.2) is 0 Å². The molecule has 2 heterocycles. The molecule has 0 fully saturated rings. The molecule has 130 valence electrons. The number of carbonyl (C=O) groups is 3. The molecule has 0 radical (unpaired) electrons. The Kier molecular flexibility index (Phi) is 3.92. The molecule has 26 heavy (non-hydrogen) atoms. The summed E-state index contributed by atoms with van der Waals surface area (Å²) in [6, 6.07) is 14.9. The minimum atomic E-state index is -0.357. The monoisotopic (exact) mass is 346 g/mol. The van der Waals surface area contributed by atoms with Crippen molar-refractivity contribution >= 4 is 23.3 Å². The number of imide groups is 1. The topological polar surface area (TPSA) is 57.7 Å². The van der Waals surface area contributed by atoms with E-state index in [9.17, 15) is 14.4 Å². The van der Waals surface area contributed by atoms with Crippen LogP contribution < -0.4 is 0 Å². The van der Waals surface area contributed by atoms with E-state index in [0.29, 0.717) is 29.8 Å². The first kappa shape index (κ1) is 16.3. The SMILES string of the molecule is CN1C(=O)c2ccc(C(=O)N3CC=C(c4ccccc4)CC3)cc2C1=O. The molecule has 5 nitrogen and oxygen atoms in total. The van der Waals surface area contributed by atoms with Crippen LogP contribution in [0.1, 0.15) is 43.1 Å². The number of amides is 3. The minimum absolute atomic E-state index is 0.119. The molecule has 2 aliphatic rings. The summed E-state index contributed by atoms with van der Waals surface area (Å²) in [4.78, 5) is 39.7. The number of rotatable bonds is 2. The Balaban J connectivity index is 1.54. The summed E-state index contributed by atoms with van der Waals surface area (Å²) >= 11 is 0. The maximum Gasteiger partial charge on any atom is 0.261 e. The highest BCUT2D eigenvalue weighted by molar-refractivity contribution is 6.21. The first-order chi connectivity index (χ1) is 12.6. The number of hydrogen-bond donors (Lipinski definition) is 0. The second-order valence-corrected chi connectivity index (χ2v) is 6.53. The molecule has 2 aromatic carbocycles. The van der Waals surface area contributed by atoms with Crippen LogP contribution in [0.3, 0.4) is 0 Å². The Labute approximate surface area is 151 Å². The molecule has 0 N–H and O–H groups in total. The van der Waals surface area contributed by atoms with E-state index < -0.39 is 0 Å². The third kappa shape index (κ3) is 2.62. The number of carbonyl (C=O) groups excluding carboxylic acids is 3. The van der Waals surface area contributed by atoms with E-state index in [4.69, 9.17) is 0 Å². The Morgan fingerprint density at radius 3 is 2.38 bits per heavy atom. The van der Waals surface area contributed by atoms with Crippen LogP contribution in [0, 0.1) is 0 Å². The van der Waals surface area contributed by atoms with Gasteiger partial charge in [0.2, 0.25) is 0 Å². The number of hydrogen-bond acceptors (Lipinski definition) is 3. The zero-order chi connectivity index (χ0) is 18.3. The predicted molar refractivity (Wildman–Crippen MR) is 97.8 cm³/mol. The average Bonchev–Trinajstić information content (AvgIpc) is 2.92. The summed E-state index contributed by atoms with van der Waals surface area (Å²) in [5.41, 5.74) is 3.53. The highest BCUT2D eigenvalue weighted by atomic mass is 16.2. The quantitative estimate of drug-likeness (QED) is 0.786. The van der Waals surface area contributed by atoms with Crippen LogP contribution in [-0.4, -0.2) is 47.7 Å². The lowest BCUT2D eigenvalue weighted by atomic mass is 9.98. The van der Waals surface area contributed by atoms with Gasteiger partial charge in [-0.05, 0) is 35.8 Å². The van der Waals surface area contributed by atoms with Crippen molar-refractivity contribution in [2.24, 2.45) is 0 Å². The Hall–Kier alpha value is -3.21. The zero-order valence-corrected chi connectivity index (χ0v) is 14.4. The van der Waals surface area contributed by atoms with Crippen molar-refractivity contribution in [3.05, 3.63) is 76.9 Å². The van der Waals surface area contributed by atoms with Crippen LogP contribution in [-0.2, 0) is 0 Å². The maximum absolute atomic E-state index is 12.8. The fourth-order valence-electron chi connectivity index (χ4n) is 3.44. The lowest BCUT2D eigenvalue weighted by Gasteiger charge is -2.27. The van der Waals surface area contributed by atoms with Gasteiger partial charge in [-0.15, -0.1) is 0 Å². The zero-order valence-electron chi connectivity index (χ0n) is 14.4. The molecular weight excluding hydrogens is 328 g/mol. The van der Waals surface area contributed by atoms with Gasteiger partial charge in [0.25, 0.3) is 17.7 Å². The molecule has 3 amide bonds. The van der Waals surface area contributed by atoms with Crippen LogP contribution in [0.5, 0.6) is 0 Å². The molecular formula is C21H18N2O3. The van der Waals surface area contributed by atoms with Gasteiger partial charge in [0.05, 0.1) is 11.1 Å². The van der Waals surface area contributed by atoms with E-state index in [1.807, 2.05) is 18.2 Å². The van der Waals surface area contributed by atoms with Gasteiger partial charge in [-0.3, -0.25) is 19.3 Å². The molecule has 0 saturated heterocycles. The third-order valence-electron chi connectivity index (χ3n) is 4.98. The van der Waals surface area contributed by atoms with Crippen molar-refractivity contribution in [3.63, 3.8) is 0 Å². The van der Waals surface area contributed by atoms with Crippen LogP contribution in [0.25, 0.3) is 5.57 Å². The summed E-state index contributed by atoms with van der Waals surface area (Å²) in [5.74, 6) is -0.798. The first-order valence-electron chi connectivity index (χ1n) is 8.56. The fourth-order valence-corrected chi connectivity index (χ4v) is 3.44. The van der Waals surface area contributed by atoms with Crippen molar-refractivity contribution in [1.82, 2.24) is 9.80 Å². The van der Waals surface area contributed by atoms with E-state index in [1.54, 1.807) is 17.0 Å². The number of fused-ring (bicyclic) bond motifs is 1. The molecule has 2 aromatic rings. The van der Waals surface area contributed by atoms with Crippen molar-refractivity contribution in [1.29, 1.82) is 0 Å². The first-order valence-corrected chi connectivity index (χ1v) is 8.56. The van der Waals surface area contributed by atoms with Gasteiger partial charge in [-0.1, -0.05) is 36.4 Å². The molecule has 4 rings (SSSR count). The highest BCUT2D eigenvalue weighted by Gasteiger charge is 2.33. The lowest BCUT2D eigenvalue weighted by Crippen LogP contribution is -2.34. The van der Waals surface area contributed by atoms with Crippen molar-refractivity contribution in [2.75, 3.05) is 20.1 Å². The number of nitrogens with zero attached hydrogens (tertiary/aromatic N) is 2. The van der Waals surface area contributed by atoms with Gasteiger partial charge < -0.3 is 4.90 Å². The van der Waals surface area contributed by atoms with Crippen LogP contribution >= 0.6 is 0 Å². The normalized spacial score (nSPS) is 16.6. The van der Waals surface area contributed by atoms with Crippen molar-refractivity contribution in [2.45, 2.75) is 6.42 Å². The van der Waals surface area contributed by atoms with Gasteiger partial charge in [0, 0.05) is 25.7 Å². The van der Waals surface area contributed by atoms with Crippen LogP contribution in [0.15, 0.2) is 54.6 Å². The Morgan fingerprint density at radius 2 is 1.69 bits per heavy atom. The number of benzene rings is 2. The van der Waals surface area contributed by atoms with Crippen molar-refractivity contribution in [3.8, 4) is 0 Å². The molecule has 5 heteroatoms. The van der Waals surface area contributed by atoms with Gasteiger partial charge >= 0.3 is 0 Å². The van der Waals surface area contributed by atoms with Crippen LogP contribution in [0.2, 0.25) is 0 Å². The van der Waals surface area contributed by atoms with Crippen LogP contribution in [0.4, 0.5) is 0 Å². The Morgan fingerprint density at radius 1 is 0.962 bits per heavy atom. The van der Waals surface area contributed by atoms with E-state index in [-0.39, 0.29) is 17.7 Å². The van der Waals surface area contributed by atoms with Gasteiger partial charge in [-0.25, -0.2) is 0 Å². The predicted octanol–water partition coefficient (Wildman–Crippen LogP) is 2.84. The minimum Gasteiger partial charge on any atom is -0.335 e. The van der Waals surface area contributed by atoms with Gasteiger partial charge in [0.1, 0.15) is 0 Å². The molecule has 0 saturated carbocycles. The molecule has 0 atom stereocenters. The smallest absolute Gasteiger partial charge is 0.261 e. The molecule has 0 bridgehead atoms. The molecule has 0 spiro atoms. The van der Waals surface area contributed by atoms with E-state index >= 15 is 0 Å². The van der Waals surface area contributed by atoms with E-state index in [1.165, 1.54) is 24.3 Å². The maximum atomic E-state index is 12.8. The second kappa shape index (κ2) is 6.26. The fraction of sp³-hybridized carbons (Fsp3) is 0.190. The largest absolute Gasteiger partial charge is 0.335 e. The Bertz CT molecular complexity index is 947. The summed E-state index contributed by atoms with van der Waals surface area (Å²) in [6.45, 7) is 1.16. The summed E-state index contributed by atoms with van der Waals surface area (Å²) < 4.78 is 0. The highest BCUT2D eigenvalue weighted by Crippen LogP contribution is 2.25. The summed E-state index contributed by atoms with van der Waals surface area (Å²) in [6.07, 6.45) is 2.87. The standard InChI is InChI=1S/C21H18N2O3/c1-22-20(25)17-8-7-16(13-18(17)21(22)26)19(24)23-11-9-15(10-12-23)14-5-3-2-4-6-14/h2-9,13H,10-12H2,1H3. The molecule has 0 aliphatic carbocycles. The molecule has 0 unspecified atom stereocenters. The summed E-state index contributed by atoms with van der Waals surface area (Å²) in [7, 11) is 1.45. The van der Waals surface area contributed by atoms with Crippen molar-refractivity contribution < 1.29 is 14.4 Å². The second-order valence-electron chi connectivity index (χ2n) is 6.53.